The van der Waals surface area contributed by atoms with Crippen molar-refractivity contribution in [3.05, 3.63) is 11.8 Å². The van der Waals surface area contributed by atoms with E-state index in [4.69, 9.17) is 4.74 Å². The van der Waals surface area contributed by atoms with Crippen LogP contribution < -0.4 is 10.6 Å². The zero-order valence-corrected chi connectivity index (χ0v) is 10.6. The number of aryl methyl sites for hydroxylation is 1. The number of hydrogen-bond donors (Lipinski definition) is 2. The number of nitrogens with zero attached hydrogens (tertiary/aromatic N) is 2. The largest absolute Gasteiger partial charge is 0.382 e. The van der Waals surface area contributed by atoms with Gasteiger partial charge in [0.1, 0.15) is 5.82 Å². The Morgan fingerprint density at radius 3 is 2.69 bits per heavy atom. The Morgan fingerprint density at radius 2 is 2.12 bits per heavy atom. The van der Waals surface area contributed by atoms with Crippen molar-refractivity contribution in [1.82, 2.24) is 9.97 Å². The van der Waals surface area contributed by atoms with Crippen LogP contribution in [-0.4, -0.2) is 36.3 Å². The first-order chi connectivity index (χ1) is 7.48. The van der Waals surface area contributed by atoms with Crippen molar-refractivity contribution in [2.45, 2.75) is 26.3 Å². The molecule has 0 aliphatic rings. The molecule has 2 N–H and O–H groups in total. The molecule has 0 saturated carbocycles. The number of nitrogens with one attached hydrogen (secondary N) is 2. The van der Waals surface area contributed by atoms with Crippen LogP contribution in [0.4, 0.5) is 11.8 Å². The molecule has 0 aliphatic carbocycles. The number of methoxy groups -OCH3 is 1. The summed E-state index contributed by atoms with van der Waals surface area (Å²) < 4.78 is 5.15. The van der Waals surface area contributed by atoms with Gasteiger partial charge in [-0.15, -0.1) is 0 Å². The molecule has 0 aliphatic heterocycles. The Morgan fingerprint density at radius 1 is 1.44 bits per heavy atom. The van der Waals surface area contributed by atoms with Gasteiger partial charge in [-0.05, 0) is 20.8 Å². The van der Waals surface area contributed by atoms with E-state index in [1.54, 1.807) is 20.4 Å². The van der Waals surface area contributed by atoms with Gasteiger partial charge >= 0.3 is 0 Å². The van der Waals surface area contributed by atoms with Gasteiger partial charge in [0.2, 0.25) is 5.95 Å². The maximum absolute atomic E-state index is 5.15. The number of aromatic nitrogens is 2. The third-order valence-corrected chi connectivity index (χ3v) is 2.16. The third kappa shape index (κ3) is 3.34. The van der Waals surface area contributed by atoms with E-state index in [0.29, 0.717) is 12.6 Å². The minimum Gasteiger partial charge on any atom is -0.382 e. The fourth-order valence-corrected chi connectivity index (χ4v) is 1.41. The summed E-state index contributed by atoms with van der Waals surface area (Å²) in [5, 5.41) is 6.26. The molecule has 0 bridgehead atoms. The average molecular weight is 224 g/mol. The van der Waals surface area contributed by atoms with Gasteiger partial charge in [-0.2, -0.15) is 4.98 Å². The standard InChI is InChI=1S/C11H20N4O/c1-8-6-13-10(12-4)14-9(8)15-11(2,3)7-16-5/h6H,7H2,1-5H3,(H2,12,13,14,15). The van der Waals surface area contributed by atoms with Crippen LogP contribution in [0.15, 0.2) is 6.20 Å². The van der Waals surface area contributed by atoms with Crippen LogP contribution in [0.1, 0.15) is 19.4 Å². The molecule has 0 unspecified atom stereocenters. The summed E-state index contributed by atoms with van der Waals surface area (Å²) in [6.07, 6.45) is 1.80. The fourth-order valence-electron chi connectivity index (χ4n) is 1.41. The number of rotatable bonds is 5. The molecular formula is C11H20N4O. The van der Waals surface area contributed by atoms with Crippen molar-refractivity contribution in [3.63, 3.8) is 0 Å². The topological polar surface area (TPSA) is 59.1 Å². The highest BCUT2D eigenvalue weighted by atomic mass is 16.5. The third-order valence-electron chi connectivity index (χ3n) is 2.16. The second-order valence-corrected chi connectivity index (χ2v) is 4.42. The molecule has 1 aromatic rings. The van der Waals surface area contributed by atoms with Crippen LogP contribution in [0.5, 0.6) is 0 Å². The monoisotopic (exact) mass is 224 g/mol. The summed E-state index contributed by atoms with van der Waals surface area (Å²) in [5.74, 6) is 1.45. The van der Waals surface area contributed by atoms with E-state index >= 15 is 0 Å². The van der Waals surface area contributed by atoms with Gasteiger partial charge in [-0.3, -0.25) is 0 Å². The molecule has 1 heterocycles. The van der Waals surface area contributed by atoms with E-state index in [2.05, 4.69) is 34.4 Å². The van der Waals surface area contributed by atoms with E-state index in [-0.39, 0.29) is 5.54 Å². The number of ether oxygens (including phenoxy) is 1. The molecule has 0 atom stereocenters. The van der Waals surface area contributed by atoms with Crippen LogP contribution >= 0.6 is 0 Å². The van der Waals surface area contributed by atoms with Gasteiger partial charge in [0, 0.05) is 25.9 Å². The average Bonchev–Trinajstić information content (AvgIpc) is 2.21. The highest BCUT2D eigenvalue weighted by Crippen LogP contribution is 2.17. The Bertz CT molecular complexity index is 352. The number of anilines is 2. The molecule has 16 heavy (non-hydrogen) atoms. The molecule has 0 radical (unpaired) electrons. The minimum atomic E-state index is -0.154. The summed E-state index contributed by atoms with van der Waals surface area (Å²) in [4.78, 5) is 8.51. The second kappa shape index (κ2) is 5.12. The molecule has 0 aromatic carbocycles. The van der Waals surface area contributed by atoms with Crippen molar-refractivity contribution < 1.29 is 4.74 Å². The van der Waals surface area contributed by atoms with Crippen LogP contribution in [0, 0.1) is 6.92 Å². The Kier molecular flexibility index (Phi) is 4.06. The molecule has 0 spiro atoms. The normalized spacial score (nSPS) is 11.3. The summed E-state index contributed by atoms with van der Waals surface area (Å²) >= 11 is 0. The molecule has 5 nitrogen and oxygen atoms in total. The maximum atomic E-state index is 5.15. The fraction of sp³-hybridized carbons (Fsp3) is 0.636. The van der Waals surface area contributed by atoms with Gasteiger partial charge in [0.25, 0.3) is 0 Å². The highest BCUT2D eigenvalue weighted by Gasteiger charge is 2.18. The first kappa shape index (κ1) is 12.7. The first-order valence-corrected chi connectivity index (χ1v) is 5.27. The SMILES string of the molecule is CNc1ncc(C)c(NC(C)(C)COC)n1. The van der Waals surface area contributed by atoms with Gasteiger partial charge in [-0.25, -0.2) is 4.98 Å². The van der Waals surface area contributed by atoms with E-state index in [0.717, 1.165) is 11.4 Å². The van der Waals surface area contributed by atoms with E-state index in [1.165, 1.54) is 0 Å². The van der Waals surface area contributed by atoms with Crippen LogP contribution in [0.25, 0.3) is 0 Å². The van der Waals surface area contributed by atoms with E-state index in [9.17, 15) is 0 Å². The van der Waals surface area contributed by atoms with Crippen molar-refractivity contribution in [2.75, 3.05) is 31.4 Å². The second-order valence-electron chi connectivity index (χ2n) is 4.42. The molecule has 5 heteroatoms. The predicted octanol–water partition coefficient (Wildman–Crippen LogP) is 1.66. The van der Waals surface area contributed by atoms with Crippen LogP contribution in [0.2, 0.25) is 0 Å². The van der Waals surface area contributed by atoms with Gasteiger partial charge in [-0.1, -0.05) is 0 Å². The lowest BCUT2D eigenvalue weighted by Crippen LogP contribution is -2.36. The van der Waals surface area contributed by atoms with Crippen molar-refractivity contribution in [2.24, 2.45) is 0 Å². The molecule has 90 valence electrons. The zero-order chi connectivity index (χ0) is 12.2. The molecule has 1 aromatic heterocycles. The van der Waals surface area contributed by atoms with Crippen LogP contribution in [-0.2, 0) is 4.74 Å². The van der Waals surface area contributed by atoms with Gasteiger partial charge in [0.15, 0.2) is 0 Å². The summed E-state index contributed by atoms with van der Waals surface area (Å²) in [7, 11) is 3.49. The lowest BCUT2D eigenvalue weighted by atomic mass is 10.1. The number of hydrogen-bond acceptors (Lipinski definition) is 5. The van der Waals surface area contributed by atoms with E-state index in [1.807, 2.05) is 6.92 Å². The Labute approximate surface area is 96.6 Å². The molecule has 0 saturated heterocycles. The van der Waals surface area contributed by atoms with Gasteiger partial charge in [0.05, 0.1) is 12.1 Å². The summed E-state index contributed by atoms with van der Waals surface area (Å²) in [5.41, 5.74) is 0.863. The van der Waals surface area contributed by atoms with Crippen molar-refractivity contribution in [3.8, 4) is 0 Å². The van der Waals surface area contributed by atoms with Crippen molar-refractivity contribution in [1.29, 1.82) is 0 Å². The zero-order valence-electron chi connectivity index (χ0n) is 10.6. The van der Waals surface area contributed by atoms with Crippen molar-refractivity contribution >= 4 is 11.8 Å². The highest BCUT2D eigenvalue weighted by molar-refractivity contribution is 5.47. The minimum absolute atomic E-state index is 0.154. The quantitative estimate of drug-likeness (QED) is 0.796. The molecular weight excluding hydrogens is 204 g/mol. The molecule has 0 amide bonds. The van der Waals surface area contributed by atoms with Gasteiger partial charge < -0.3 is 15.4 Å². The summed E-state index contributed by atoms with van der Waals surface area (Å²) in [6.45, 7) is 6.73. The molecule has 0 fully saturated rings. The Balaban J connectivity index is 2.87. The lowest BCUT2D eigenvalue weighted by molar-refractivity contribution is 0.158. The molecule has 1 rings (SSSR count). The smallest absolute Gasteiger partial charge is 0.224 e. The first-order valence-electron chi connectivity index (χ1n) is 5.27. The van der Waals surface area contributed by atoms with Crippen LogP contribution in [0.3, 0.4) is 0 Å². The summed E-state index contributed by atoms with van der Waals surface area (Å²) in [6, 6.07) is 0. The predicted molar refractivity (Wildman–Crippen MR) is 65.9 cm³/mol. The van der Waals surface area contributed by atoms with E-state index < -0.39 is 0 Å². The lowest BCUT2D eigenvalue weighted by Gasteiger charge is -2.26. The Hall–Kier alpha value is -1.36. The maximum Gasteiger partial charge on any atom is 0.224 e.